The van der Waals surface area contributed by atoms with E-state index in [4.69, 9.17) is 0 Å². The average Bonchev–Trinajstić information content (AvgIpc) is 3.06. The molecule has 1 heterocycles. The maximum Gasteiger partial charge on any atom is 0.322 e. The second-order valence-electron chi connectivity index (χ2n) is 6.45. The summed E-state index contributed by atoms with van der Waals surface area (Å²) in [5.74, 6) is 0. The summed E-state index contributed by atoms with van der Waals surface area (Å²) in [6.07, 6.45) is 7.51. The summed E-state index contributed by atoms with van der Waals surface area (Å²) in [5.41, 5.74) is 3.18. The molecule has 0 radical (unpaired) electrons. The number of urea groups is 1. The van der Waals surface area contributed by atoms with Gasteiger partial charge in [0.1, 0.15) is 0 Å². The fourth-order valence-electron chi connectivity index (χ4n) is 3.53. The first-order chi connectivity index (χ1) is 12.2. The molecule has 1 aliphatic rings. The fraction of sp³-hybridized carbons (Fsp3) is 0.474. The molecular weight excluding hydrogens is 316 g/mol. The highest BCUT2D eigenvalue weighted by atomic mass is 16.3. The summed E-state index contributed by atoms with van der Waals surface area (Å²) in [4.78, 5) is 14.6. The molecule has 1 atom stereocenters. The quantitative estimate of drug-likeness (QED) is 0.847. The van der Waals surface area contributed by atoms with E-state index in [0.29, 0.717) is 12.2 Å². The Balaban J connectivity index is 1.77. The Hall–Kier alpha value is -2.34. The summed E-state index contributed by atoms with van der Waals surface area (Å²) >= 11 is 0. The zero-order valence-corrected chi connectivity index (χ0v) is 14.7. The van der Waals surface area contributed by atoms with Gasteiger partial charge in [-0.05, 0) is 36.8 Å². The van der Waals surface area contributed by atoms with Gasteiger partial charge >= 0.3 is 6.03 Å². The lowest BCUT2D eigenvalue weighted by Gasteiger charge is -2.35. The minimum absolute atomic E-state index is 0.00258. The SMILES string of the molecule is CCCn1cc(NC(=O)N(CCO)C2CCCc3ccccc32)cn1. The van der Waals surface area contributed by atoms with Crippen LogP contribution in [0.3, 0.4) is 0 Å². The number of benzene rings is 1. The fourth-order valence-corrected chi connectivity index (χ4v) is 3.53. The standard InChI is InChI=1S/C19H26N4O2/c1-2-10-22-14-16(13-20-22)21-19(25)23(11-12-24)18-9-5-7-15-6-3-4-8-17(15)18/h3-4,6,8,13-14,18,24H,2,5,7,9-12H2,1H3,(H,21,25). The van der Waals surface area contributed by atoms with Crippen molar-refractivity contribution in [3.63, 3.8) is 0 Å². The largest absolute Gasteiger partial charge is 0.395 e. The van der Waals surface area contributed by atoms with Gasteiger partial charge in [-0.15, -0.1) is 0 Å². The number of aliphatic hydroxyl groups is 1. The number of anilines is 1. The highest BCUT2D eigenvalue weighted by Crippen LogP contribution is 2.34. The lowest BCUT2D eigenvalue weighted by atomic mass is 9.87. The summed E-state index contributed by atoms with van der Waals surface area (Å²) in [7, 11) is 0. The van der Waals surface area contributed by atoms with Gasteiger partial charge < -0.3 is 15.3 Å². The number of amides is 2. The van der Waals surface area contributed by atoms with E-state index in [0.717, 1.165) is 32.2 Å². The zero-order valence-electron chi connectivity index (χ0n) is 14.7. The van der Waals surface area contributed by atoms with E-state index >= 15 is 0 Å². The highest BCUT2D eigenvalue weighted by Gasteiger charge is 2.29. The van der Waals surface area contributed by atoms with Crippen molar-refractivity contribution in [2.24, 2.45) is 0 Å². The molecule has 0 saturated carbocycles. The monoisotopic (exact) mass is 342 g/mol. The van der Waals surface area contributed by atoms with E-state index in [1.165, 1.54) is 11.1 Å². The van der Waals surface area contributed by atoms with Crippen LogP contribution in [0, 0.1) is 0 Å². The van der Waals surface area contributed by atoms with Crippen molar-refractivity contribution in [2.75, 3.05) is 18.5 Å². The maximum absolute atomic E-state index is 12.8. The second kappa shape index (κ2) is 8.16. The van der Waals surface area contributed by atoms with E-state index in [1.54, 1.807) is 11.1 Å². The number of nitrogens with zero attached hydrogens (tertiary/aromatic N) is 3. The van der Waals surface area contributed by atoms with Gasteiger partial charge in [-0.2, -0.15) is 5.10 Å². The first kappa shape index (κ1) is 17.5. The Labute approximate surface area is 148 Å². The van der Waals surface area contributed by atoms with Crippen LogP contribution in [0.15, 0.2) is 36.7 Å². The van der Waals surface area contributed by atoms with Crippen LogP contribution >= 0.6 is 0 Å². The minimum Gasteiger partial charge on any atom is -0.395 e. The third-order valence-electron chi connectivity index (χ3n) is 4.65. The topological polar surface area (TPSA) is 70.4 Å². The van der Waals surface area contributed by atoms with Crippen LogP contribution in [-0.2, 0) is 13.0 Å². The molecule has 1 aromatic heterocycles. The molecule has 0 aliphatic heterocycles. The molecule has 0 bridgehead atoms. The van der Waals surface area contributed by atoms with Crippen molar-refractivity contribution in [1.82, 2.24) is 14.7 Å². The first-order valence-corrected chi connectivity index (χ1v) is 9.01. The molecule has 0 fully saturated rings. The van der Waals surface area contributed by atoms with Crippen LogP contribution in [0.4, 0.5) is 10.5 Å². The number of carbonyl (C=O) groups is 1. The predicted octanol–water partition coefficient (Wildman–Crippen LogP) is 3.20. The van der Waals surface area contributed by atoms with Crippen LogP contribution in [0.5, 0.6) is 0 Å². The summed E-state index contributed by atoms with van der Waals surface area (Å²) in [6.45, 7) is 3.17. The number of aryl methyl sites for hydroxylation is 2. The van der Waals surface area contributed by atoms with Crippen molar-refractivity contribution in [3.8, 4) is 0 Å². The molecule has 6 nitrogen and oxygen atoms in total. The van der Waals surface area contributed by atoms with Gasteiger partial charge in [-0.1, -0.05) is 31.2 Å². The van der Waals surface area contributed by atoms with E-state index < -0.39 is 0 Å². The smallest absolute Gasteiger partial charge is 0.322 e. The average molecular weight is 342 g/mol. The third kappa shape index (κ3) is 4.02. The summed E-state index contributed by atoms with van der Waals surface area (Å²) < 4.78 is 1.82. The van der Waals surface area contributed by atoms with Crippen LogP contribution in [0.25, 0.3) is 0 Å². The Morgan fingerprint density at radius 3 is 3.08 bits per heavy atom. The van der Waals surface area contributed by atoms with E-state index in [-0.39, 0.29) is 18.7 Å². The number of rotatable bonds is 6. The summed E-state index contributed by atoms with van der Waals surface area (Å²) in [6, 6.07) is 8.09. The summed E-state index contributed by atoms with van der Waals surface area (Å²) in [5, 5.41) is 16.6. The molecule has 0 saturated heterocycles. The van der Waals surface area contributed by atoms with Crippen molar-refractivity contribution in [3.05, 3.63) is 47.8 Å². The molecular formula is C19H26N4O2. The molecule has 1 aliphatic carbocycles. The van der Waals surface area contributed by atoms with Gasteiger partial charge in [0.2, 0.25) is 0 Å². The highest BCUT2D eigenvalue weighted by molar-refractivity contribution is 5.89. The Bertz CT molecular complexity index is 713. The molecule has 1 unspecified atom stereocenters. The Morgan fingerprint density at radius 2 is 2.28 bits per heavy atom. The minimum atomic E-state index is -0.188. The number of nitrogens with one attached hydrogen (secondary N) is 1. The van der Waals surface area contributed by atoms with Crippen LogP contribution in [-0.4, -0.2) is 39.0 Å². The lowest BCUT2D eigenvalue weighted by Crippen LogP contribution is -2.41. The van der Waals surface area contributed by atoms with E-state index in [9.17, 15) is 9.90 Å². The zero-order chi connectivity index (χ0) is 17.6. The van der Waals surface area contributed by atoms with Crippen molar-refractivity contribution in [2.45, 2.75) is 45.2 Å². The number of carbonyl (C=O) groups excluding carboxylic acids is 1. The van der Waals surface area contributed by atoms with Crippen molar-refractivity contribution >= 4 is 11.7 Å². The van der Waals surface area contributed by atoms with Crippen LogP contribution in [0.2, 0.25) is 0 Å². The van der Waals surface area contributed by atoms with Gasteiger partial charge in [0.05, 0.1) is 24.5 Å². The molecule has 2 aromatic rings. The van der Waals surface area contributed by atoms with Crippen LogP contribution in [0.1, 0.15) is 43.4 Å². The molecule has 2 N–H and O–H groups in total. The van der Waals surface area contributed by atoms with Crippen LogP contribution < -0.4 is 5.32 Å². The van der Waals surface area contributed by atoms with Crippen molar-refractivity contribution in [1.29, 1.82) is 0 Å². The molecule has 2 amide bonds. The molecule has 3 rings (SSSR count). The molecule has 134 valence electrons. The van der Waals surface area contributed by atoms with Gasteiger partial charge in [0, 0.05) is 19.3 Å². The Kier molecular flexibility index (Phi) is 5.71. The van der Waals surface area contributed by atoms with Crippen molar-refractivity contribution < 1.29 is 9.90 Å². The molecule has 25 heavy (non-hydrogen) atoms. The number of fused-ring (bicyclic) bond motifs is 1. The molecule has 6 heteroatoms. The maximum atomic E-state index is 12.8. The Morgan fingerprint density at radius 1 is 1.44 bits per heavy atom. The first-order valence-electron chi connectivity index (χ1n) is 9.01. The second-order valence-corrected chi connectivity index (χ2v) is 6.45. The number of aliphatic hydroxyl groups excluding tert-OH is 1. The molecule has 1 aromatic carbocycles. The lowest BCUT2D eigenvalue weighted by molar-refractivity contribution is 0.155. The third-order valence-corrected chi connectivity index (χ3v) is 4.65. The predicted molar refractivity (Wildman–Crippen MR) is 97.4 cm³/mol. The molecule has 0 spiro atoms. The van der Waals surface area contributed by atoms with Gasteiger partial charge in [-0.3, -0.25) is 4.68 Å². The number of hydrogen-bond donors (Lipinski definition) is 2. The van der Waals surface area contributed by atoms with E-state index in [1.807, 2.05) is 23.0 Å². The number of aromatic nitrogens is 2. The number of hydrogen-bond acceptors (Lipinski definition) is 3. The van der Waals surface area contributed by atoms with Gasteiger partial charge in [0.15, 0.2) is 0 Å². The van der Waals surface area contributed by atoms with Gasteiger partial charge in [-0.25, -0.2) is 4.79 Å². The van der Waals surface area contributed by atoms with E-state index in [2.05, 4.69) is 29.5 Å². The van der Waals surface area contributed by atoms with Gasteiger partial charge in [0.25, 0.3) is 0 Å². The normalized spacial score (nSPS) is 16.3.